The third-order valence-corrected chi connectivity index (χ3v) is 4.55. The lowest BCUT2D eigenvalue weighted by Gasteiger charge is -2.15. The quantitative estimate of drug-likeness (QED) is 0.822. The second-order valence-electron chi connectivity index (χ2n) is 4.70. The van der Waals surface area contributed by atoms with Crippen LogP contribution in [0.15, 0.2) is 22.7 Å². The number of amides is 2. The third kappa shape index (κ3) is 3.73. The van der Waals surface area contributed by atoms with Gasteiger partial charge < -0.3 is 10.2 Å². The van der Waals surface area contributed by atoms with Crippen LogP contribution in [0.5, 0.6) is 0 Å². The maximum absolute atomic E-state index is 12.0. The molecule has 0 bridgehead atoms. The van der Waals surface area contributed by atoms with Crippen LogP contribution in [0, 0.1) is 0 Å². The number of halogens is 2. The van der Waals surface area contributed by atoms with Crippen LogP contribution in [0.4, 0.5) is 0 Å². The summed E-state index contributed by atoms with van der Waals surface area (Å²) in [6, 6.07) is 5.25. The lowest BCUT2D eigenvalue weighted by atomic mass is 10.2. The number of hydrogen-bond acceptors (Lipinski definition) is 2. The van der Waals surface area contributed by atoms with Crippen molar-refractivity contribution in [3.63, 3.8) is 0 Å². The molecule has 4 nitrogen and oxygen atoms in total. The summed E-state index contributed by atoms with van der Waals surface area (Å²) < 4.78 is 0.703. The van der Waals surface area contributed by atoms with Crippen molar-refractivity contribution in [2.24, 2.45) is 0 Å². The number of nitrogens with one attached hydrogen (secondary N) is 1. The van der Waals surface area contributed by atoms with Gasteiger partial charge >= 0.3 is 0 Å². The first kappa shape index (κ1) is 15.3. The number of rotatable bonds is 5. The van der Waals surface area contributed by atoms with Crippen molar-refractivity contribution in [2.45, 2.75) is 19.3 Å². The highest BCUT2D eigenvalue weighted by Crippen LogP contribution is 2.25. The van der Waals surface area contributed by atoms with Gasteiger partial charge in [-0.1, -0.05) is 17.7 Å². The van der Waals surface area contributed by atoms with E-state index in [4.69, 9.17) is 11.6 Å². The molecular weight excluding hydrogens is 344 g/mol. The van der Waals surface area contributed by atoms with E-state index in [1.54, 1.807) is 18.2 Å². The minimum atomic E-state index is -0.191. The molecule has 1 heterocycles. The molecule has 108 valence electrons. The van der Waals surface area contributed by atoms with Gasteiger partial charge in [0.05, 0.1) is 10.6 Å². The van der Waals surface area contributed by atoms with E-state index >= 15 is 0 Å². The summed E-state index contributed by atoms with van der Waals surface area (Å²) in [6.45, 7) is 2.07. The van der Waals surface area contributed by atoms with E-state index in [2.05, 4.69) is 21.2 Å². The van der Waals surface area contributed by atoms with Crippen molar-refractivity contribution in [1.29, 1.82) is 0 Å². The normalized spacial score (nSPS) is 14.7. The molecule has 0 aliphatic carbocycles. The van der Waals surface area contributed by atoms with E-state index in [1.807, 2.05) is 4.90 Å². The highest BCUT2D eigenvalue weighted by Gasteiger charge is 2.19. The maximum atomic E-state index is 12.0. The molecule has 1 N–H and O–H groups in total. The Kier molecular flexibility index (Phi) is 5.43. The minimum Gasteiger partial charge on any atom is -0.352 e. The molecule has 0 saturated carbocycles. The summed E-state index contributed by atoms with van der Waals surface area (Å²) >= 11 is 9.35. The van der Waals surface area contributed by atoms with Gasteiger partial charge in [-0.25, -0.2) is 0 Å². The van der Waals surface area contributed by atoms with Crippen LogP contribution in [-0.4, -0.2) is 36.3 Å². The lowest BCUT2D eigenvalue weighted by Crippen LogP contribution is -2.30. The molecule has 20 heavy (non-hydrogen) atoms. The second-order valence-corrected chi connectivity index (χ2v) is 5.93. The average molecular weight is 360 g/mol. The Balaban J connectivity index is 1.78. The number of benzene rings is 1. The number of carbonyl (C=O) groups excluding carboxylic acids is 2. The van der Waals surface area contributed by atoms with Crippen molar-refractivity contribution < 1.29 is 9.59 Å². The van der Waals surface area contributed by atoms with E-state index in [0.29, 0.717) is 34.6 Å². The van der Waals surface area contributed by atoms with Gasteiger partial charge in [0.25, 0.3) is 5.91 Å². The Bertz CT molecular complexity index is 522. The van der Waals surface area contributed by atoms with Gasteiger partial charge in [0.2, 0.25) is 5.91 Å². The van der Waals surface area contributed by atoms with Crippen LogP contribution in [0.3, 0.4) is 0 Å². The van der Waals surface area contributed by atoms with E-state index in [1.165, 1.54) is 0 Å². The van der Waals surface area contributed by atoms with E-state index in [9.17, 15) is 9.59 Å². The number of nitrogens with zero attached hydrogens (tertiary/aromatic N) is 1. The first-order chi connectivity index (χ1) is 9.59. The Hall–Kier alpha value is -1.07. The third-order valence-electron chi connectivity index (χ3n) is 3.26. The second kappa shape index (κ2) is 7.09. The van der Waals surface area contributed by atoms with Gasteiger partial charge in [-0.3, -0.25) is 9.59 Å². The summed E-state index contributed by atoms with van der Waals surface area (Å²) in [5.74, 6) is 0.0235. The monoisotopic (exact) mass is 358 g/mol. The molecule has 0 spiro atoms. The van der Waals surface area contributed by atoms with Gasteiger partial charge in [-0.15, -0.1) is 0 Å². The van der Waals surface area contributed by atoms with Gasteiger partial charge in [0.15, 0.2) is 0 Å². The largest absolute Gasteiger partial charge is 0.352 e. The van der Waals surface area contributed by atoms with E-state index in [-0.39, 0.29) is 11.8 Å². The SMILES string of the molecule is O=C(NCCCN1CCCC1=O)c1cccc(Br)c1Cl. The molecule has 1 aliphatic heterocycles. The molecule has 0 radical (unpaired) electrons. The fourth-order valence-electron chi connectivity index (χ4n) is 2.19. The highest BCUT2D eigenvalue weighted by atomic mass is 79.9. The Morgan fingerprint density at radius 1 is 1.45 bits per heavy atom. The fraction of sp³-hybridized carbons (Fsp3) is 0.429. The number of likely N-dealkylation sites (tertiary alicyclic amines) is 1. The summed E-state index contributed by atoms with van der Waals surface area (Å²) in [7, 11) is 0. The number of hydrogen-bond donors (Lipinski definition) is 1. The van der Waals surface area contributed by atoms with Gasteiger partial charge in [0.1, 0.15) is 0 Å². The minimum absolute atomic E-state index is 0.191. The maximum Gasteiger partial charge on any atom is 0.252 e. The Morgan fingerprint density at radius 3 is 2.95 bits per heavy atom. The number of carbonyl (C=O) groups is 2. The molecule has 1 aliphatic rings. The molecule has 1 aromatic rings. The van der Waals surface area contributed by atoms with Crippen LogP contribution in [0.1, 0.15) is 29.6 Å². The van der Waals surface area contributed by atoms with Crippen LogP contribution in [0.2, 0.25) is 5.02 Å². The van der Waals surface area contributed by atoms with Gasteiger partial charge in [-0.05, 0) is 40.9 Å². The lowest BCUT2D eigenvalue weighted by molar-refractivity contribution is -0.127. The van der Waals surface area contributed by atoms with Crippen molar-refractivity contribution >= 4 is 39.3 Å². The van der Waals surface area contributed by atoms with Gasteiger partial charge in [-0.2, -0.15) is 0 Å². The highest BCUT2D eigenvalue weighted by molar-refractivity contribution is 9.10. The summed E-state index contributed by atoms with van der Waals surface area (Å²) in [5.41, 5.74) is 0.457. The predicted molar refractivity (Wildman–Crippen MR) is 81.9 cm³/mol. The smallest absolute Gasteiger partial charge is 0.252 e. The predicted octanol–water partition coefficient (Wildman–Crippen LogP) is 2.84. The molecule has 1 fully saturated rings. The fourth-order valence-corrected chi connectivity index (χ4v) is 2.76. The molecule has 6 heteroatoms. The molecule has 0 unspecified atom stereocenters. The zero-order valence-electron chi connectivity index (χ0n) is 11.0. The van der Waals surface area contributed by atoms with Gasteiger partial charge in [0, 0.05) is 30.5 Å². The first-order valence-corrected chi connectivity index (χ1v) is 7.76. The Morgan fingerprint density at radius 2 is 2.25 bits per heavy atom. The van der Waals surface area contributed by atoms with Crippen LogP contribution in [0.25, 0.3) is 0 Å². The molecule has 1 saturated heterocycles. The molecule has 2 amide bonds. The zero-order chi connectivity index (χ0) is 14.5. The summed E-state index contributed by atoms with van der Waals surface area (Å²) in [5, 5.41) is 3.24. The zero-order valence-corrected chi connectivity index (χ0v) is 13.3. The summed E-state index contributed by atoms with van der Waals surface area (Å²) in [4.78, 5) is 25.2. The van der Waals surface area contributed by atoms with Crippen molar-refractivity contribution in [3.8, 4) is 0 Å². The van der Waals surface area contributed by atoms with E-state index < -0.39 is 0 Å². The molecule has 1 aromatic carbocycles. The molecule has 2 rings (SSSR count). The standard InChI is InChI=1S/C14H16BrClN2O2/c15-11-5-1-4-10(13(11)16)14(20)17-7-3-9-18-8-2-6-12(18)19/h1,4-5H,2-3,6-9H2,(H,17,20). The average Bonchev–Trinajstić information content (AvgIpc) is 2.83. The molecular formula is C14H16BrClN2O2. The van der Waals surface area contributed by atoms with Crippen molar-refractivity contribution in [2.75, 3.05) is 19.6 Å². The van der Waals surface area contributed by atoms with E-state index in [0.717, 1.165) is 19.4 Å². The van der Waals surface area contributed by atoms with Crippen LogP contribution in [-0.2, 0) is 4.79 Å². The molecule has 0 atom stereocenters. The van der Waals surface area contributed by atoms with Crippen LogP contribution < -0.4 is 5.32 Å². The van der Waals surface area contributed by atoms with Crippen molar-refractivity contribution in [1.82, 2.24) is 10.2 Å². The first-order valence-electron chi connectivity index (χ1n) is 6.59. The Labute approximate surface area is 131 Å². The summed E-state index contributed by atoms with van der Waals surface area (Å²) in [6.07, 6.45) is 2.35. The molecule has 0 aromatic heterocycles. The topological polar surface area (TPSA) is 49.4 Å². The van der Waals surface area contributed by atoms with Crippen LogP contribution >= 0.6 is 27.5 Å². The van der Waals surface area contributed by atoms with Crippen molar-refractivity contribution in [3.05, 3.63) is 33.3 Å².